The molecule has 2 aromatic heterocycles. The SMILES string of the molecule is O=C(c1cccnc1)N1CCc2c(ncnc2NCC23CC4CC2CC(O)(C4)C3)C1. The van der Waals surface area contributed by atoms with Gasteiger partial charge in [-0.25, -0.2) is 9.97 Å². The molecule has 7 heteroatoms. The van der Waals surface area contributed by atoms with Crippen LogP contribution in [-0.2, 0) is 13.0 Å². The van der Waals surface area contributed by atoms with Gasteiger partial charge in [-0.1, -0.05) is 0 Å². The molecular weight excluding hydrogens is 378 g/mol. The maximum atomic E-state index is 12.8. The van der Waals surface area contributed by atoms with E-state index in [-0.39, 0.29) is 11.3 Å². The maximum Gasteiger partial charge on any atom is 0.255 e. The van der Waals surface area contributed by atoms with Crippen molar-refractivity contribution in [3.05, 3.63) is 47.7 Å². The highest BCUT2D eigenvalue weighted by Crippen LogP contribution is 2.66. The number of aromatic nitrogens is 3. The van der Waals surface area contributed by atoms with Crippen LogP contribution < -0.4 is 5.32 Å². The second-order valence-corrected chi connectivity index (χ2v) is 9.89. The van der Waals surface area contributed by atoms with Crippen molar-refractivity contribution in [2.24, 2.45) is 17.3 Å². The van der Waals surface area contributed by atoms with E-state index >= 15 is 0 Å². The number of fused-ring (bicyclic) bond motifs is 1. The molecule has 4 saturated carbocycles. The van der Waals surface area contributed by atoms with Gasteiger partial charge in [0.25, 0.3) is 5.91 Å². The van der Waals surface area contributed by atoms with Crippen LogP contribution in [0.3, 0.4) is 0 Å². The Bertz CT molecular complexity index is 998. The summed E-state index contributed by atoms with van der Waals surface area (Å²) in [5.74, 6) is 2.23. The topological polar surface area (TPSA) is 91.2 Å². The quantitative estimate of drug-likeness (QED) is 0.812. The lowest BCUT2D eigenvalue weighted by Crippen LogP contribution is -2.39. The number of anilines is 1. The monoisotopic (exact) mass is 405 g/mol. The number of hydrogen-bond acceptors (Lipinski definition) is 6. The van der Waals surface area contributed by atoms with Gasteiger partial charge < -0.3 is 15.3 Å². The van der Waals surface area contributed by atoms with Gasteiger partial charge in [0.15, 0.2) is 0 Å². The average molecular weight is 406 g/mol. The van der Waals surface area contributed by atoms with Crippen LogP contribution in [0.15, 0.2) is 30.9 Å². The summed E-state index contributed by atoms with van der Waals surface area (Å²) in [7, 11) is 0. The Morgan fingerprint density at radius 2 is 2.23 bits per heavy atom. The number of carbonyl (C=O) groups is 1. The summed E-state index contributed by atoms with van der Waals surface area (Å²) in [6, 6.07) is 3.59. The van der Waals surface area contributed by atoms with Gasteiger partial charge in [-0.2, -0.15) is 0 Å². The highest BCUT2D eigenvalue weighted by molar-refractivity contribution is 5.94. The van der Waals surface area contributed by atoms with E-state index < -0.39 is 5.60 Å². The van der Waals surface area contributed by atoms with Gasteiger partial charge in [-0.15, -0.1) is 0 Å². The summed E-state index contributed by atoms with van der Waals surface area (Å²) in [5, 5.41) is 14.5. The van der Waals surface area contributed by atoms with Crippen molar-refractivity contribution in [1.82, 2.24) is 19.9 Å². The molecule has 0 spiro atoms. The van der Waals surface area contributed by atoms with Gasteiger partial charge >= 0.3 is 0 Å². The third kappa shape index (κ3) is 2.82. The van der Waals surface area contributed by atoms with Crippen molar-refractivity contribution in [3.63, 3.8) is 0 Å². The van der Waals surface area contributed by atoms with Crippen LogP contribution >= 0.6 is 0 Å². The van der Waals surface area contributed by atoms with Gasteiger partial charge in [-0.05, 0) is 67.9 Å². The lowest BCUT2D eigenvalue weighted by Gasteiger charge is -2.37. The highest BCUT2D eigenvalue weighted by atomic mass is 16.3. The highest BCUT2D eigenvalue weighted by Gasteiger charge is 2.63. The average Bonchev–Trinajstić information content (AvgIpc) is 3.12. The van der Waals surface area contributed by atoms with E-state index in [1.54, 1.807) is 30.9 Å². The van der Waals surface area contributed by atoms with Crippen LogP contribution in [0.2, 0.25) is 0 Å². The smallest absolute Gasteiger partial charge is 0.255 e. The standard InChI is InChI=1S/C23H27N5O2/c29-21(16-2-1-4-24-10-16)28-5-3-18-19(11-28)26-14-27-20(18)25-13-22-7-15-6-17(22)9-23(30,8-15)12-22/h1-2,4,10,14-15,17,30H,3,5-9,11-13H2,(H,25,26,27). The number of pyridine rings is 1. The number of nitrogens with one attached hydrogen (secondary N) is 1. The molecule has 3 heterocycles. The molecule has 7 rings (SSSR count). The first-order valence-corrected chi connectivity index (χ1v) is 11.0. The molecule has 2 N–H and O–H groups in total. The summed E-state index contributed by atoms with van der Waals surface area (Å²) in [4.78, 5) is 27.7. The minimum atomic E-state index is -0.425. The summed E-state index contributed by atoms with van der Waals surface area (Å²) in [6.45, 7) is 2.02. The van der Waals surface area contributed by atoms with Crippen LogP contribution in [0.1, 0.15) is 53.7 Å². The number of aliphatic hydroxyl groups is 1. The Morgan fingerprint density at radius 3 is 3.07 bits per heavy atom. The molecule has 4 fully saturated rings. The zero-order valence-corrected chi connectivity index (χ0v) is 17.0. The minimum Gasteiger partial charge on any atom is -0.390 e. The van der Waals surface area contributed by atoms with E-state index in [0.717, 1.165) is 49.3 Å². The van der Waals surface area contributed by atoms with E-state index in [1.807, 2.05) is 4.90 Å². The molecule has 7 nitrogen and oxygen atoms in total. The number of carbonyl (C=O) groups excluding carboxylic acids is 1. The van der Waals surface area contributed by atoms with Gasteiger partial charge in [0.05, 0.1) is 23.4 Å². The first-order chi connectivity index (χ1) is 14.5. The first kappa shape index (κ1) is 18.2. The van der Waals surface area contributed by atoms with Crippen molar-refractivity contribution < 1.29 is 9.90 Å². The third-order valence-corrected chi connectivity index (χ3v) is 7.97. The summed E-state index contributed by atoms with van der Waals surface area (Å²) < 4.78 is 0. The number of amides is 1. The van der Waals surface area contributed by atoms with Crippen LogP contribution in [-0.4, -0.2) is 49.6 Å². The minimum absolute atomic E-state index is 0.00650. The molecule has 5 aliphatic rings. The second kappa shape index (κ2) is 6.48. The number of nitrogens with zero attached hydrogens (tertiary/aromatic N) is 4. The molecule has 4 bridgehead atoms. The normalized spacial score (nSPS) is 33.6. The fourth-order valence-electron chi connectivity index (χ4n) is 6.92. The molecule has 0 aromatic carbocycles. The molecule has 1 amide bonds. The molecule has 2 aromatic rings. The Balaban J connectivity index is 1.18. The Labute approximate surface area is 175 Å². The fraction of sp³-hybridized carbons (Fsp3) is 0.565. The zero-order chi connectivity index (χ0) is 20.3. The van der Waals surface area contributed by atoms with Gasteiger partial charge in [-0.3, -0.25) is 9.78 Å². The van der Waals surface area contributed by atoms with Crippen LogP contribution in [0.4, 0.5) is 5.82 Å². The van der Waals surface area contributed by atoms with Crippen LogP contribution in [0, 0.1) is 17.3 Å². The summed E-state index contributed by atoms with van der Waals surface area (Å²) in [6.07, 6.45) is 11.0. The summed E-state index contributed by atoms with van der Waals surface area (Å²) in [5.41, 5.74) is 2.44. The molecule has 30 heavy (non-hydrogen) atoms. The Morgan fingerprint density at radius 1 is 1.30 bits per heavy atom. The maximum absolute atomic E-state index is 12.8. The third-order valence-electron chi connectivity index (χ3n) is 7.97. The van der Waals surface area contributed by atoms with Crippen LogP contribution in [0.5, 0.6) is 0 Å². The second-order valence-electron chi connectivity index (χ2n) is 9.89. The zero-order valence-electron chi connectivity index (χ0n) is 17.0. The predicted molar refractivity (Wildman–Crippen MR) is 111 cm³/mol. The molecule has 4 aliphatic carbocycles. The first-order valence-electron chi connectivity index (χ1n) is 11.0. The fourth-order valence-corrected chi connectivity index (χ4v) is 6.92. The van der Waals surface area contributed by atoms with Crippen molar-refractivity contribution in [2.75, 3.05) is 18.4 Å². The van der Waals surface area contributed by atoms with Crippen LogP contribution in [0.25, 0.3) is 0 Å². The van der Waals surface area contributed by atoms with Crippen molar-refractivity contribution in [2.45, 2.75) is 50.7 Å². The molecule has 4 atom stereocenters. The van der Waals surface area contributed by atoms with E-state index in [2.05, 4.69) is 20.3 Å². The van der Waals surface area contributed by atoms with Gasteiger partial charge in [0.1, 0.15) is 12.1 Å². The summed E-state index contributed by atoms with van der Waals surface area (Å²) >= 11 is 0. The molecule has 0 saturated heterocycles. The Kier molecular flexibility index (Phi) is 3.94. The van der Waals surface area contributed by atoms with E-state index in [4.69, 9.17) is 0 Å². The molecule has 1 aliphatic heterocycles. The van der Waals surface area contributed by atoms with Gasteiger partial charge in [0, 0.05) is 31.0 Å². The largest absolute Gasteiger partial charge is 0.390 e. The Hall–Kier alpha value is -2.54. The van der Waals surface area contributed by atoms with E-state index in [0.29, 0.717) is 30.5 Å². The lowest BCUT2D eigenvalue weighted by molar-refractivity contribution is -0.0197. The molecule has 0 radical (unpaired) electrons. The van der Waals surface area contributed by atoms with Crippen molar-refractivity contribution in [1.29, 1.82) is 0 Å². The van der Waals surface area contributed by atoms with Crippen molar-refractivity contribution >= 4 is 11.7 Å². The number of rotatable bonds is 4. The lowest BCUT2D eigenvalue weighted by atomic mass is 9.73. The molecule has 4 unspecified atom stereocenters. The van der Waals surface area contributed by atoms with Crippen molar-refractivity contribution in [3.8, 4) is 0 Å². The number of hydrogen-bond donors (Lipinski definition) is 2. The molecular formula is C23H27N5O2. The van der Waals surface area contributed by atoms with E-state index in [9.17, 15) is 9.90 Å². The van der Waals surface area contributed by atoms with Gasteiger partial charge in [0.2, 0.25) is 0 Å². The van der Waals surface area contributed by atoms with E-state index in [1.165, 1.54) is 12.8 Å². The predicted octanol–water partition coefficient (Wildman–Crippen LogP) is 2.42. The molecule has 156 valence electrons.